The largest absolute Gasteiger partial charge is 0.370 e. The van der Waals surface area contributed by atoms with Gasteiger partial charge in [-0.05, 0) is 43.7 Å². The van der Waals surface area contributed by atoms with Crippen molar-refractivity contribution < 1.29 is 9.64 Å². The van der Waals surface area contributed by atoms with Crippen LogP contribution in [0.1, 0.15) is 29.7 Å². The number of ether oxygens (including phenoxy) is 1. The van der Waals surface area contributed by atoms with Crippen LogP contribution >= 0.6 is 11.3 Å². The second-order valence-corrected chi connectivity index (χ2v) is 8.58. The van der Waals surface area contributed by atoms with Crippen molar-refractivity contribution in [2.24, 2.45) is 0 Å². The van der Waals surface area contributed by atoms with Crippen LogP contribution in [0.3, 0.4) is 0 Å². The zero-order valence-electron chi connectivity index (χ0n) is 15.8. The third-order valence-electron chi connectivity index (χ3n) is 5.90. The zero-order chi connectivity index (χ0) is 18.2. The van der Waals surface area contributed by atoms with Gasteiger partial charge < -0.3 is 15.0 Å². The monoisotopic (exact) mass is 384 g/mol. The van der Waals surface area contributed by atoms with Crippen molar-refractivity contribution in [3.63, 3.8) is 0 Å². The highest BCUT2D eigenvalue weighted by atomic mass is 32.1. The lowest BCUT2D eigenvalue weighted by Gasteiger charge is -2.23. The minimum atomic E-state index is 0.875. The van der Waals surface area contributed by atoms with Crippen molar-refractivity contribution in [3.8, 4) is 0 Å². The Labute approximate surface area is 163 Å². The summed E-state index contributed by atoms with van der Waals surface area (Å²) >= 11 is 1.74. The summed E-state index contributed by atoms with van der Waals surface area (Å²) in [4.78, 5) is 16.9. The topological polar surface area (TPSA) is 64.4 Å². The Kier molecular flexibility index (Phi) is 4.67. The predicted molar refractivity (Wildman–Crippen MR) is 109 cm³/mol. The van der Waals surface area contributed by atoms with Gasteiger partial charge in [0.15, 0.2) is 0 Å². The van der Waals surface area contributed by atoms with Crippen molar-refractivity contribution in [2.45, 2.75) is 32.6 Å². The molecule has 0 aromatic carbocycles. The van der Waals surface area contributed by atoms with Crippen molar-refractivity contribution in [3.05, 3.63) is 23.1 Å². The van der Waals surface area contributed by atoms with Gasteiger partial charge in [0, 0.05) is 11.1 Å². The second-order valence-electron chi connectivity index (χ2n) is 7.58. The molecule has 3 aromatic rings. The van der Waals surface area contributed by atoms with E-state index in [4.69, 9.17) is 9.72 Å². The molecule has 1 aliphatic carbocycles. The fraction of sp³-hybridized carbons (Fsp3) is 0.550. The fourth-order valence-electron chi connectivity index (χ4n) is 4.44. The number of nitrogens with one attached hydrogen (secondary N) is 2. The molecule has 1 aliphatic heterocycles. The number of fused-ring (bicyclic) bond motifs is 5. The third kappa shape index (κ3) is 3.17. The maximum Gasteiger partial charge on any atom is 0.147 e. The number of anilines is 1. The molecule has 0 saturated carbocycles. The molecule has 4 heterocycles. The van der Waals surface area contributed by atoms with Gasteiger partial charge in [-0.1, -0.05) is 0 Å². The molecule has 0 radical (unpaired) electrons. The van der Waals surface area contributed by atoms with Crippen LogP contribution in [0, 0.1) is 6.92 Å². The highest BCUT2D eigenvalue weighted by Gasteiger charge is 2.22. The first-order valence-corrected chi connectivity index (χ1v) is 10.8. The van der Waals surface area contributed by atoms with E-state index in [1.54, 1.807) is 22.6 Å². The molecule has 7 heteroatoms. The van der Waals surface area contributed by atoms with E-state index >= 15 is 0 Å². The highest BCUT2D eigenvalue weighted by molar-refractivity contribution is 7.26. The van der Waals surface area contributed by atoms with Gasteiger partial charge in [0.25, 0.3) is 0 Å². The van der Waals surface area contributed by atoms with E-state index in [-0.39, 0.29) is 0 Å². The molecule has 1 saturated heterocycles. The summed E-state index contributed by atoms with van der Waals surface area (Å²) in [6.45, 7) is 8.11. The molecule has 142 valence electrons. The van der Waals surface area contributed by atoms with Crippen LogP contribution in [-0.4, -0.2) is 54.3 Å². The van der Waals surface area contributed by atoms with Crippen LogP contribution in [0.15, 0.2) is 6.33 Å². The van der Waals surface area contributed by atoms with Gasteiger partial charge in [-0.2, -0.15) is 0 Å². The Balaban J connectivity index is 1.48. The standard InChI is InChI=1S/C20H25N5OS/c1-13-14-4-2-3-5-15(14)16-17-18(27-20(16)24-13)19(23-12-22-17)21-6-7-25-8-10-26-11-9-25/h12H,2-11H2,1H3,(H,21,22,23)/p+1. The Morgan fingerprint density at radius 2 is 1.96 bits per heavy atom. The van der Waals surface area contributed by atoms with Crippen LogP contribution in [-0.2, 0) is 17.6 Å². The molecular formula is C20H26N5OS+. The normalized spacial score (nSPS) is 18.1. The zero-order valence-corrected chi connectivity index (χ0v) is 16.6. The molecule has 1 fully saturated rings. The molecule has 2 aliphatic rings. The van der Waals surface area contributed by atoms with Gasteiger partial charge in [0.2, 0.25) is 0 Å². The third-order valence-corrected chi connectivity index (χ3v) is 6.98. The Morgan fingerprint density at radius 3 is 2.81 bits per heavy atom. The predicted octanol–water partition coefficient (Wildman–Crippen LogP) is 1.75. The van der Waals surface area contributed by atoms with Gasteiger partial charge >= 0.3 is 0 Å². The van der Waals surface area contributed by atoms with Crippen LogP contribution < -0.4 is 10.2 Å². The SMILES string of the molecule is Cc1nc2sc3c(NCC[NH+]4CCOCC4)ncnc3c2c2c1CCCC2. The van der Waals surface area contributed by atoms with Gasteiger partial charge in [-0.25, -0.2) is 15.0 Å². The summed E-state index contributed by atoms with van der Waals surface area (Å²) < 4.78 is 6.59. The van der Waals surface area contributed by atoms with Gasteiger partial charge in [0.1, 0.15) is 30.1 Å². The Hall–Kier alpha value is -1.83. The van der Waals surface area contributed by atoms with E-state index in [1.807, 2.05) is 0 Å². The van der Waals surface area contributed by atoms with E-state index in [0.29, 0.717) is 0 Å². The molecule has 0 atom stereocenters. The number of aryl methyl sites for hydroxylation is 2. The number of nitrogens with zero attached hydrogens (tertiary/aromatic N) is 3. The van der Waals surface area contributed by atoms with E-state index < -0.39 is 0 Å². The van der Waals surface area contributed by atoms with Crippen molar-refractivity contribution in [2.75, 3.05) is 44.7 Å². The first-order chi connectivity index (χ1) is 13.3. The number of pyridine rings is 1. The summed E-state index contributed by atoms with van der Waals surface area (Å²) in [6, 6.07) is 0. The molecule has 2 N–H and O–H groups in total. The molecule has 0 unspecified atom stereocenters. The number of morpholine rings is 1. The first kappa shape index (κ1) is 17.3. The molecule has 0 bridgehead atoms. The fourth-order valence-corrected chi connectivity index (χ4v) is 5.61. The van der Waals surface area contributed by atoms with Gasteiger partial charge in [-0.15, -0.1) is 11.3 Å². The lowest BCUT2D eigenvalue weighted by Crippen LogP contribution is -3.14. The summed E-state index contributed by atoms with van der Waals surface area (Å²) in [5.41, 5.74) is 5.22. The summed E-state index contributed by atoms with van der Waals surface area (Å²) in [6.07, 6.45) is 6.54. The maximum absolute atomic E-state index is 5.44. The van der Waals surface area contributed by atoms with Crippen LogP contribution in [0.2, 0.25) is 0 Å². The van der Waals surface area contributed by atoms with Crippen LogP contribution in [0.4, 0.5) is 5.82 Å². The molecule has 27 heavy (non-hydrogen) atoms. The van der Waals surface area contributed by atoms with Crippen molar-refractivity contribution in [1.82, 2.24) is 15.0 Å². The summed E-state index contributed by atoms with van der Waals surface area (Å²) in [5, 5.41) is 4.84. The molecule has 0 spiro atoms. The second kappa shape index (κ2) is 7.30. The number of rotatable bonds is 4. The van der Waals surface area contributed by atoms with Crippen LogP contribution in [0.5, 0.6) is 0 Å². The van der Waals surface area contributed by atoms with Gasteiger partial charge in [-0.3, -0.25) is 0 Å². The molecular weight excluding hydrogens is 358 g/mol. The summed E-state index contributed by atoms with van der Waals surface area (Å²) in [5.74, 6) is 0.956. The number of hydrogen-bond acceptors (Lipinski definition) is 6. The summed E-state index contributed by atoms with van der Waals surface area (Å²) in [7, 11) is 0. The average Bonchev–Trinajstić information content (AvgIpc) is 3.08. The number of aromatic nitrogens is 3. The molecule has 6 nitrogen and oxygen atoms in total. The first-order valence-electron chi connectivity index (χ1n) is 10.0. The lowest BCUT2D eigenvalue weighted by molar-refractivity contribution is -0.906. The van der Waals surface area contributed by atoms with E-state index in [1.165, 1.54) is 35.0 Å². The minimum Gasteiger partial charge on any atom is -0.370 e. The average molecular weight is 385 g/mol. The van der Waals surface area contributed by atoms with Crippen molar-refractivity contribution >= 4 is 37.6 Å². The Bertz CT molecular complexity index is 980. The lowest BCUT2D eigenvalue weighted by atomic mass is 9.89. The van der Waals surface area contributed by atoms with E-state index in [0.717, 1.165) is 73.1 Å². The Morgan fingerprint density at radius 1 is 1.15 bits per heavy atom. The highest BCUT2D eigenvalue weighted by Crippen LogP contribution is 2.40. The number of quaternary nitrogens is 1. The quantitative estimate of drug-likeness (QED) is 0.718. The molecule has 0 amide bonds. The van der Waals surface area contributed by atoms with Crippen molar-refractivity contribution in [1.29, 1.82) is 0 Å². The van der Waals surface area contributed by atoms with Crippen LogP contribution in [0.25, 0.3) is 20.4 Å². The maximum atomic E-state index is 5.44. The molecule has 5 rings (SSSR count). The molecule has 3 aromatic heterocycles. The van der Waals surface area contributed by atoms with E-state index in [2.05, 4.69) is 22.2 Å². The van der Waals surface area contributed by atoms with Gasteiger partial charge in [0.05, 0.1) is 36.5 Å². The smallest absolute Gasteiger partial charge is 0.147 e. The number of hydrogen-bond donors (Lipinski definition) is 2. The van der Waals surface area contributed by atoms with E-state index in [9.17, 15) is 0 Å². The number of thiophene rings is 1. The minimum absolute atomic E-state index is 0.875.